The Morgan fingerprint density at radius 2 is 1.71 bits per heavy atom. The molecule has 0 saturated heterocycles. The lowest BCUT2D eigenvalue weighted by Gasteiger charge is -2.10. The van der Waals surface area contributed by atoms with E-state index in [4.69, 9.17) is 0 Å². The van der Waals surface area contributed by atoms with E-state index in [-0.39, 0.29) is 29.7 Å². The normalized spacial score (nSPS) is 11.8. The van der Waals surface area contributed by atoms with E-state index < -0.39 is 31.8 Å². The highest BCUT2D eigenvalue weighted by molar-refractivity contribution is 7.92. The molecule has 0 atom stereocenters. The highest BCUT2D eigenvalue weighted by Crippen LogP contribution is 2.31. The number of amides is 1. The van der Waals surface area contributed by atoms with Gasteiger partial charge in [0.1, 0.15) is 5.82 Å². The lowest BCUT2D eigenvalue weighted by atomic mass is 10.2. The van der Waals surface area contributed by atoms with Crippen molar-refractivity contribution in [1.29, 1.82) is 0 Å². The van der Waals surface area contributed by atoms with Crippen LogP contribution in [0, 0.1) is 6.92 Å². The average Bonchev–Trinajstić information content (AvgIpc) is 3.10. The molecule has 10 nitrogen and oxygen atoms in total. The summed E-state index contributed by atoms with van der Waals surface area (Å²) in [6, 6.07) is 15.1. The van der Waals surface area contributed by atoms with Gasteiger partial charge in [0, 0.05) is 11.8 Å². The number of rotatable bonds is 7. The van der Waals surface area contributed by atoms with Crippen molar-refractivity contribution < 1.29 is 31.5 Å². The summed E-state index contributed by atoms with van der Waals surface area (Å²) in [5, 5.41) is 10.6. The quantitative estimate of drug-likeness (QED) is 0.303. The monoisotopic (exact) mass is 547 g/mol. The minimum Gasteiger partial charge on any atom is -0.493 e. The fourth-order valence-corrected chi connectivity index (χ4v) is 4.33. The molecule has 4 rings (SSSR count). The minimum absolute atomic E-state index is 0.0183. The number of hydrogen-bond acceptors (Lipinski definition) is 7. The Bertz CT molecular complexity index is 1650. The molecule has 2 aromatic heterocycles. The van der Waals surface area contributed by atoms with Crippen LogP contribution in [0.2, 0.25) is 0 Å². The number of nitrogens with one attached hydrogen (secondary N) is 2. The second kappa shape index (κ2) is 10.0. The highest BCUT2D eigenvalue weighted by Gasteiger charge is 2.46. The molecule has 0 radical (unpaired) electrons. The Balaban J connectivity index is 1.56. The Hall–Kier alpha value is -4.59. The number of alkyl halides is 3. The first kappa shape index (κ1) is 26.5. The third kappa shape index (κ3) is 5.11. The fraction of sp³-hybridized carbons (Fsp3) is 0.125. The van der Waals surface area contributed by atoms with E-state index >= 15 is 0 Å². The molecule has 0 fully saturated rings. The zero-order valence-electron chi connectivity index (χ0n) is 19.6. The molecule has 3 N–H and O–H groups in total. The van der Waals surface area contributed by atoms with Gasteiger partial charge in [-0.1, -0.05) is 18.2 Å². The standard InChI is InChI=1S/C24H20F3N5O5S/c1-15-22(34)32(18-7-9-19(10-8-18)38(36,37)24(25,26)27)23(35)31(15)14-16-11-12-28-20(13-16)29-30-21(33)17-5-3-2-4-6-17/h2-13,34H,14H2,1H3,(H,28,29)(H,30,33). The first-order valence-corrected chi connectivity index (χ1v) is 12.4. The molecule has 38 heavy (non-hydrogen) atoms. The van der Waals surface area contributed by atoms with Crippen molar-refractivity contribution in [2.24, 2.45) is 0 Å². The van der Waals surface area contributed by atoms with Gasteiger partial charge in [0.05, 0.1) is 22.8 Å². The second-order valence-electron chi connectivity index (χ2n) is 8.05. The van der Waals surface area contributed by atoms with E-state index in [1.807, 2.05) is 0 Å². The Labute approximate surface area is 213 Å². The van der Waals surface area contributed by atoms with Gasteiger partial charge in [0.2, 0.25) is 5.88 Å². The van der Waals surface area contributed by atoms with Crippen molar-refractivity contribution >= 4 is 21.6 Å². The Morgan fingerprint density at radius 3 is 2.34 bits per heavy atom. The molecule has 198 valence electrons. The van der Waals surface area contributed by atoms with E-state index in [1.54, 1.807) is 42.5 Å². The van der Waals surface area contributed by atoms with Crippen LogP contribution < -0.4 is 16.5 Å². The van der Waals surface area contributed by atoms with Crippen molar-refractivity contribution in [3.8, 4) is 11.6 Å². The van der Waals surface area contributed by atoms with Gasteiger partial charge in [-0.25, -0.2) is 22.8 Å². The smallest absolute Gasteiger partial charge is 0.493 e. The molecule has 2 heterocycles. The lowest BCUT2D eigenvalue weighted by molar-refractivity contribution is -0.0436. The molecule has 4 aromatic rings. The van der Waals surface area contributed by atoms with E-state index in [9.17, 15) is 36.3 Å². The largest absolute Gasteiger partial charge is 0.501 e. The Kier molecular flexibility index (Phi) is 7.00. The summed E-state index contributed by atoms with van der Waals surface area (Å²) >= 11 is 0. The summed E-state index contributed by atoms with van der Waals surface area (Å²) in [4.78, 5) is 28.4. The van der Waals surface area contributed by atoms with Crippen LogP contribution in [0.5, 0.6) is 5.88 Å². The van der Waals surface area contributed by atoms with Crippen LogP contribution in [0.15, 0.2) is 82.6 Å². The van der Waals surface area contributed by atoms with Crippen LogP contribution in [-0.4, -0.2) is 39.1 Å². The average molecular weight is 548 g/mol. The third-order valence-corrected chi connectivity index (χ3v) is 7.08. The SMILES string of the molecule is Cc1c(O)n(-c2ccc(S(=O)(=O)C(F)(F)F)cc2)c(=O)n1Cc1ccnc(NNC(=O)c2ccccc2)c1. The molecular weight excluding hydrogens is 527 g/mol. The van der Waals surface area contributed by atoms with Crippen molar-refractivity contribution in [3.05, 3.63) is 100 Å². The number of carbonyl (C=O) groups is 1. The van der Waals surface area contributed by atoms with E-state index in [0.29, 0.717) is 23.3 Å². The van der Waals surface area contributed by atoms with Crippen molar-refractivity contribution in [2.45, 2.75) is 23.9 Å². The van der Waals surface area contributed by atoms with Gasteiger partial charge < -0.3 is 5.11 Å². The molecular formula is C24H20F3N5O5S. The number of imidazole rings is 1. The lowest BCUT2D eigenvalue weighted by Crippen LogP contribution is -2.29. The van der Waals surface area contributed by atoms with Crippen molar-refractivity contribution in [1.82, 2.24) is 19.5 Å². The molecule has 0 saturated carbocycles. The van der Waals surface area contributed by atoms with Gasteiger partial charge in [0.15, 0.2) is 0 Å². The summed E-state index contributed by atoms with van der Waals surface area (Å²) in [6.45, 7) is 1.45. The number of aromatic hydroxyl groups is 1. The van der Waals surface area contributed by atoms with E-state index in [0.717, 1.165) is 16.7 Å². The van der Waals surface area contributed by atoms with Crippen LogP contribution >= 0.6 is 0 Å². The van der Waals surface area contributed by atoms with E-state index in [1.165, 1.54) is 17.7 Å². The summed E-state index contributed by atoms with van der Waals surface area (Å²) in [5.41, 5.74) is 0.140. The predicted octanol–water partition coefficient (Wildman–Crippen LogP) is 3.15. The number of nitrogens with zero attached hydrogens (tertiary/aromatic N) is 3. The summed E-state index contributed by atoms with van der Waals surface area (Å²) in [7, 11) is -5.56. The molecule has 0 aliphatic rings. The number of aromatic nitrogens is 3. The van der Waals surface area contributed by atoms with E-state index in [2.05, 4.69) is 15.8 Å². The van der Waals surface area contributed by atoms with Crippen molar-refractivity contribution in [3.63, 3.8) is 0 Å². The molecule has 2 aromatic carbocycles. The van der Waals surface area contributed by atoms with Gasteiger partial charge in [-0.15, -0.1) is 0 Å². The number of benzene rings is 2. The number of carbonyl (C=O) groups excluding carboxylic acids is 1. The summed E-state index contributed by atoms with van der Waals surface area (Å²) in [5.74, 6) is -0.576. The minimum atomic E-state index is -5.56. The number of pyridine rings is 1. The van der Waals surface area contributed by atoms with Gasteiger partial charge in [-0.3, -0.25) is 20.2 Å². The molecule has 0 unspecified atom stereocenters. The predicted molar refractivity (Wildman–Crippen MR) is 131 cm³/mol. The van der Waals surface area contributed by atoms with Crippen LogP contribution in [0.1, 0.15) is 21.6 Å². The number of anilines is 1. The maximum Gasteiger partial charge on any atom is 0.501 e. The maximum atomic E-state index is 13.1. The maximum absolute atomic E-state index is 13.1. The van der Waals surface area contributed by atoms with Crippen LogP contribution in [0.3, 0.4) is 0 Å². The first-order valence-electron chi connectivity index (χ1n) is 10.9. The third-order valence-electron chi connectivity index (χ3n) is 5.58. The Morgan fingerprint density at radius 1 is 1.05 bits per heavy atom. The molecule has 0 bridgehead atoms. The highest BCUT2D eigenvalue weighted by atomic mass is 32.2. The fourth-order valence-electron chi connectivity index (χ4n) is 3.57. The first-order chi connectivity index (χ1) is 17.9. The zero-order valence-corrected chi connectivity index (χ0v) is 20.4. The molecule has 0 aliphatic carbocycles. The molecule has 1 amide bonds. The van der Waals surface area contributed by atoms with Crippen LogP contribution in [0.25, 0.3) is 5.69 Å². The van der Waals surface area contributed by atoms with Gasteiger partial charge >= 0.3 is 11.2 Å². The number of hydrazine groups is 1. The number of hydrogen-bond donors (Lipinski definition) is 3. The van der Waals surface area contributed by atoms with Gasteiger partial charge in [0.25, 0.3) is 15.7 Å². The zero-order chi connectivity index (χ0) is 27.7. The van der Waals surface area contributed by atoms with Crippen LogP contribution in [-0.2, 0) is 16.4 Å². The molecule has 0 aliphatic heterocycles. The topological polar surface area (TPSA) is 135 Å². The molecule has 0 spiro atoms. The van der Waals surface area contributed by atoms with Gasteiger partial charge in [-0.05, 0) is 61.0 Å². The molecule has 14 heteroatoms. The van der Waals surface area contributed by atoms with Crippen molar-refractivity contribution in [2.75, 3.05) is 5.43 Å². The van der Waals surface area contributed by atoms with Gasteiger partial charge in [-0.2, -0.15) is 13.2 Å². The summed E-state index contributed by atoms with van der Waals surface area (Å²) < 4.78 is 63.7. The summed E-state index contributed by atoms with van der Waals surface area (Å²) in [6.07, 6.45) is 1.45. The second-order valence-corrected chi connectivity index (χ2v) is 9.99. The van der Waals surface area contributed by atoms with Crippen LogP contribution in [0.4, 0.5) is 19.0 Å². The number of sulfone groups is 1. The number of halogens is 3.